The van der Waals surface area contributed by atoms with Crippen molar-refractivity contribution in [3.63, 3.8) is 0 Å². The van der Waals surface area contributed by atoms with Crippen molar-refractivity contribution in [2.24, 2.45) is 5.10 Å². The van der Waals surface area contributed by atoms with Gasteiger partial charge in [-0.05, 0) is 29.1 Å². The van der Waals surface area contributed by atoms with Gasteiger partial charge >= 0.3 is 0 Å². The molecule has 1 aliphatic heterocycles. The Morgan fingerprint density at radius 1 is 0.957 bits per heavy atom. The third kappa shape index (κ3) is 2.78. The van der Waals surface area contributed by atoms with E-state index in [9.17, 15) is 0 Å². The molecule has 0 spiro atoms. The van der Waals surface area contributed by atoms with Gasteiger partial charge in [0, 0.05) is 6.42 Å². The molecule has 2 heterocycles. The van der Waals surface area contributed by atoms with Crippen LogP contribution in [0.3, 0.4) is 0 Å². The number of hydrogen-bond donors (Lipinski definition) is 0. The summed E-state index contributed by atoms with van der Waals surface area (Å²) >= 11 is 8.15. The molecule has 0 radical (unpaired) electrons. The number of halogens is 1. The van der Waals surface area contributed by atoms with E-state index in [1.54, 1.807) is 11.3 Å². The largest absolute Gasteiger partial charge is 0.256 e. The normalized spacial score (nSPS) is 17.3. The minimum Gasteiger partial charge on any atom is -0.256 e. The fourth-order valence-corrected chi connectivity index (χ4v) is 3.84. The van der Waals surface area contributed by atoms with Crippen molar-refractivity contribution in [3.05, 3.63) is 87.6 Å². The molecule has 0 bridgehead atoms. The second-order valence-corrected chi connectivity index (χ2v) is 6.81. The van der Waals surface area contributed by atoms with Crippen LogP contribution in [0.15, 0.2) is 77.2 Å². The van der Waals surface area contributed by atoms with Gasteiger partial charge in [-0.25, -0.2) is 0 Å². The van der Waals surface area contributed by atoms with E-state index in [1.165, 1.54) is 10.4 Å². The molecule has 114 valence electrons. The molecular formula is C19H15ClN2S. The van der Waals surface area contributed by atoms with Crippen LogP contribution in [0.25, 0.3) is 0 Å². The molecule has 0 amide bonds. The molecule has 2 nitrogen and oxygen atoms in total. The summed E-state index contributed by atoms with van der Waals surface area (Å²) in [5, 5.41) is 9.77. The fraction of sp³-hybridized carbons (Fsp3) is 0.105. The topological polar surface area (TPSA) is 15.6 Å². The molecule has 0 N–H and O–H groups in total. The first-order valence-electron chi connectivity index (χ1n) is 7.53. The van der Waals surface area contributed by atoms with Gasteiger partial charge in [-0.3, -0.25) is 5.01 Å². The van der Waals surface area contributed by atoms with Crippen LogP contribution >= 0.6 is 22.9 Å². The van der Waals surface area contributed by atoms with Gasteiger partial charge < -0.3 is 0 Å². The Morgan fingerprint density at radius 2 is 1.74 bits per heavy atom. The van der Waals surface area contributed by atoms with E-state index in [-0.39, 0.29) is 6.04 Å². The predicted octanol–water partition coefficient (Wildman–Crippen LogP) is 5.76. The lowest BCUT2D eigenvalue weighted by atomic mass is 10.0. The zero-order chi connectivity index (χ0) is 15.6. The van der Waals surface area contributed by atoms with E-state index >= 15 is 0 Å². The van der Waals surface area contributed by atoms with E-state index in [2.05, 4.69) is 46.8 Å². The summed E-state index contributed by atoms with van der Waals surface area (Å²) in [6, 6.07) is 22.8. The van der Waals surface area contributed by atoms with Crippen LogP contribution in [-0.4, -0.2) is 5.71 Å². The first kappa shape index (κ1) is 14.5. The number of anilines is 1. The van der Waals surface area contributed by atoms with Crippen molar-refractivity contribution in [1.29, 1.82) is 0 Å². The summed E-state index contributed by atoms with van der Waals surface area (Å²) in [7, 11) is 0. The van der Waals surface area contributed by atoms with Crippen molar-refractivity contribution in [2.75, 3.05) is 5.01 Å². The molecule has 0 fully saturated rings. The molecule has 1 aliphatic rings. The Hall–Kier alpha value is -2.10. The SMILES string of the molecule is Clc1ccccc1N1N=C(c2cccs2)C[C@@H]1c1ccccc1. The Bertz CT molecular complexity index is 828. The Labute approximate surface area is 144 Å². The summed E-state index contributed by atoms with van der Waals surface area (Å²) in [4.78, 5) is 1.22. The smallest absolute Gasteiger partial charge is 0.0832 e. The number of hydrazone groups is 1. The number of nitrogens with zero attached hydrogens (tertiary/aromatic N) is 2. The Balaban J connectivity index is 1.79. The summed E-state index contributed by atoms with van der Waals surface area (Å²) in [6.45, 7) is 0. The van der Waals surface area contributed by atoms with Gasteiger partial charge in [0.15, 0.2) is 0 Å². The van der Waals surface area contributed by atoms with E-state index in [1.807, 2.05) is 30.3 Å². The van der Waals surface area contributed by atoms with Gasteiger partial charge in [-0.1, -0.05) is 60.1 Å². The third-order valence-electron chi connectivity index (χ3n) is 4.00. The molecule has 2 aromatic carbocycles. The van der Waals surface area contributed by atoms with Crippen molar-refractivity contribution in [3.8, 4) is 0 Å². The highest BCUT2D eigenvalue weighted by molar-refractivity contribution is 7.12. The molecule has 0 saturated carbocycles. The molecule has 4 heteroatoms. The maximum atomic E-state index is 6.42. The summed E-state index contributed by atoms with van der Waals surface area (Å²) in [6.07, 6.45) is 0.885. The molecule has 1 aromatic heterocycles. The molecular weight excluding hydrogens is 324 g/mol. The minimum absolute atomic E-state index is 0.174. The molecule has 3 aromatic rings. The quantitative estimate of drug-likeness (QED) is 0.593. The second kappa shape index (κ2) is 6.19. The average Bonchev–Trinajstić information content (AvgIpc) is 3.26. The lowest BCUT2D eigenvalue weighted by Gasteiger charge is -2.24. The first-order valence-corrected chi connectivity index (χ1v) is 8.79. The maximum absolute atomic E-state index is 6.42. The number of benzene rings is 2. The van der Waals surface area contributed by atoms with Gasteiger partial charge in [-0.15, -0.1) is 11.3 Å². The predicted molar refractivity (Wildman–Crippen MR) is 98.6 cm³/mol. The zero-order valence-corrected chi connectivity index (χ0v) is 14.0. The van der Waals surface area contributed by atoms with Crippen molar-refractivity contribution >= 4 is 34.3 Å². The molecule has 0 unspecified atom stereocenters. The molecule has 0 aliphatic carbocycles. The van der Waals surface area contributed by atoms with E-state index < -0.39 is 0 Å². The van der Waals surface area contributed by atoms with Crippen LogP contribution in [0.2, 0.25) is 5.02 Å². The van der Waals surface area contributed by atoms with Crippen LogP contribution < -0.4 is 5.01 Å². The minimum atomic E-state index is 0.174. The van der Waals surface area contributed by atoms with Crippen LogP contribution in [0, 0.1) is 0 Å². The highest BCUT2D eigenvalue weighted by Crippen LogP contribution is 2.39. The first-order chi connectivity index (χ1) is 11.3. The van der Waals surface area contributed by atoms with E-state index in [0.717, 1.165) is 22.8 Å². The van der Waals surface area contributed by atoms with Crippen LogP contribution in [-0.2, 0) is 0 Å². The lowest BCUT2D eigenvalue weighted by Crippen LogP contribution is -2.18. The summed E-state index contributed by atoms with van der Waals surface area (Å²) < 4.78 is 0. The number of thiophene rings is 1. The number of rotatable bonds is 3. The van der Waals surface area contributed by atoms with E-state index in [4.69, 9.17) is 16.7 Å². The van der Waals surface area contributed by atoms with E-state index in [0.29, 0.717) is 0 Å². The van der Waals surface area contributed by atoms with Gasteiger partial charge in [0.25, 0.3) is 0 Å². The molecule has 4 rings (SSSR count). The van der Waals surface area contributed by atoms with Gasteiger partial charge in [0.05, 0.1) is 27.3 Å². The van der Waals surface area contributed by atoms with Crippen molar-refractivity contribution in [2.45, 2.75) is 12.5 Å². The van der Waals surface area contributed by atoms with Gasteiger partial charge in [0.2, 0.25) is 0 Å². The lowest BCUT2D eigenvalue weighted by molar-refractivity contribution is 0.709. The highest BCUT2D eigenvalue weighted by Gasteiger charge is 2.31. The fourth-order valence-electron chi connectivity index (χ4n) is 2.90. The van der Waals surface area contributed by atoms with Crippen LogP contribution in [0.5, 0.6) is 0 Å². The summed E-state index contributed by atoms with van der Waals surface area (Å²) in [5.74, 6) is 0. The number of hydrogen-bond acceptors (Lipinski definition) is 3. The van der Waals surface area contributed by atoms with Crippen molar-refractivity contribution < 1.29 is 0 Å². The van der Waals surface area contributed by atoms with Crippen molar-refractivity contribution in [1.82, 2.24) is 0 Å². The Kier molecular flexibility index (Phi) is 3.90. The molecule has 1 atom stereocenters. The monoisotopic (exact) mass is 338 g/mol. The average molecular weight is 339 g/mol. The zero-order valence-electron chi connectivity index (χ0n) is 12.4. The molecule has 23 heavy (non-hydrogen) atoms. The molecule has 0 saturated heterocycles. The van der Waals surface area contributed by atoms with Crippen LogP contribution in [0.4, 0.5) is 5.69 Å². The Morgan fingerprint density at radius 3 is 2.48 bits per heavy atom. The highest BCUT2D eigenvalue weighted by atomic mass is 35.5. The number of para-hydroxylation sites is 1. The van der Waals surface area contributed by atoms with Gasteiger partial charge in [0.1, 0.15) is 0 Å². The second-order valence-electron chi connectivity index (χ2n) is 5.45. The van der Waals surface area contributed by atoms with Gasteiger partial charge in [-0.2, -0.15) is 5.10 Å². The van der Waals surface area contributed by atoms with Crippen LogP contribution in [0.1, 0.15) is 22.9 Å². The summed E-state index contributed by atoms with van der Waals surface area (Å²) in [5.41, 5.74) is 3.33. The maximum Gasteiger partial charge on any atom is 0.0832 e. The third-order valence-corrected chi connectivity index (χ3v) is 5.24. The standard InChI is InChI=1S/C19H15ClN2S/c20-15-9-4-5-10-17(15)22-18(14-7-2-1-3-8-14)13-16(21-22)19-11-6-12-23-19/h1-12,18H,13H2/t18-/m1/s1.